The Labute approximate surface area is 159 Å². The standard InChI is InChI=1S/C20H17N5O3/c1-24-17-15(19(27)25(2)20(24)28)22-16(23-17)13-9-6-10-14(11-13)21-18(26)12-7-4-3-5-8-12/h3-11H,1-2H3,(H,21,26)(H,22,23). The number of hydrogen-bond acceptors (Lipinski definition) is 4. The van der Waals surface area contributed by atoms with Gasteiger partial charge in [-0.25, -0.2) is 9.78 Å². The molecule has 4 aromatic rings. The highest BCUT2D eigenvalue weighted by atomic mass is 16.2. The van der Waals surface area contributed by atoms with Gasteiger partial charge in [-0.1, -0.05) is 30.3 Å². The number of hydrogen-bond donors (Lipinski definition) is 2. The maximum atomic E-state index is 12.4. The summed E-state index contributed by atoms with van der Waals surface area (Å²) in [5.41, 5.74) is 1.46. The van der Waals surface area contributed by atoms with Gasteiger partial charge in [0, 0.05) is 30.9 Å². The first-order valence-electron chi connectivity index (χ1n) is 8.58. The van der Waals surface area contributed by atoms with Gasteiger partial charge in [-0.2, -0.15) is 0 Å². The van der Waals surface area contributed by atoms with Crippen molar-refractivity contribution in [2.45, 2.75) is 0 Å². The second-order valence-electron chi connectivity index (χ2n) is 6.39. The number of benzene rings is 2. The Bertz CT molecular complexity index is 1320. The lowest BCUT2D eigenvalue weighted by Crippen LogP contribution is -2.36. The lowest BCUT2D eigenvalue weighted by atomic mass is 10.1. The van der Waals surface area contributed by atoms with Crippen molar-refractivity contribution in [1.82, 2.24) is 19.1 Å². The summed E-state index contributed by atoms with van der Waals surface area (Å²) in [5.74, 6) is 0.211. The number of nitrogens with zero attached hydrogens (tertiary/aromatic N) is 3. The molecule has 4 rings (SSSR count). The van der Waals surface area contributed by atoms with Crippen molar-refractivity contribution in [3.05, 3.63) is 81.0 Å². The average molecular weight is 375 g/mol. The van der Waals surface area contributed by atoms with E-state index in [1.165, 1.54) is 11.6 Å². The third kappa shape index (κ3) is 2.90. The van der Waals surface area contributed by atoms with Gasteiger partial charge >= 0.3 is 5.69 Å². The summed E-state index contributed by atoms with van der Waals surface area (Å²) in [4.78, 5) is 44.2. The molecule has 0 aliphatic rings. The highest BCUT2D eigenvalue weighted by Crippen LogP contribution is 2.22. The van der Waals surface area contributed by atoms with E-state index in [-0.39, 0.29) is 17.1 Å². The molecular formula is C20H17N5O3. The first-order valence-corrected chi connectivity index (χ1v) is 8.58. The maximum Gasteiger partial charge on any atom is 0.332 e. The Morgan fingerprint density at radius 2 is 1.75 bits per heavy atom. The van der Waals surface area contributed by atoms with Crippen molar-refractivity contribution in [2.75, 3.05) is 5.32 Å². The summed E-state index contributed by atoms with van der Waals surface area (Å²) >= 11 is 0. The van der Waals surface area contributed by atoms with E-state index in [0.717, 1.165) is 4.57 Å². The van der Waals surface area contributed by atoms with Crippen LogP contribution in [0.15, 0.2) is 64.2 Å². The molecule has 140 valence electrons. The zero-order chi connectivity index (χ0) is 19.8. The number of nitrogens with one attached hydrogen (secondary N) is 2. The molecule has 0 saturated carbocycles. The van der Waals surface area contributed by atoms with Crippen molar-refractivity contribution < 1.29 is 4.79 Å². The number of aromatic nitrogens is 4. The minimum atomic E-state index is -0.445. The molecule has 2 aromatic carbocycles. The fourth-order valence-electron chi connectivity index (χ4n) is 3.00. The predicted molar refractivity (Wildman–Crippen MR) is 106 cm³/mol. The Hall–Kier alpha value is -3.94. The quantitative estimate of drug-likeness (QED) is 0.571. The molecular weight excluding hydrogens is 358 g/mol. The largest absolute Gasteiger partial charge is 0.332 e. The van der Waals surface area contributed by atoms with Crippen LogP contribution in [0.25, 0.3) is 22.6 Å². The van der Waals surface area contributed by atoms with Crippen LogP contribution in [0.3, 0.4) is 0 Å². The summed E-state index contributed by atoms with van der Waals surface area (Å²) in [6.45, 7) is 0. The van der Waals surface area contributed by atoms with Gasteiger partial charge in [0.15, 0.2) is 5.65 Å². The van der Waals surface area contributed by atoms with E-state index in [9.17, 15) is 14.4 Å². The van der Waals surface area contributed by atoms with E-state index < -0.39 is 11.2 Å². The molecule has 0 radical (unpaired) electrons. The molecule has 0 fully saturated rings. The lowest BCUT2D eigenvalue weighted by molar-refractivity contribution is 0.102. The Morgan fingerprint density at radius 3 is 2.50 bits per heavy atom. The molecule has 0 atom stereocenters. The molecule has 0 spiro atoms. The number of fused-ring (bicyclic) bond motifs is 1. The molecule has 0 aliphatic carbocycles. The summed E-state index contributed by atoms with van der Waals surface area (Å²) < 4.78 is 2.35. The summed E-state index contributed by atoms with van der Waals surface area (Å²) in [5, 5.41) is 2.84. The number of anilines is 1. The monoisotopic (exact) mass is 375 g/mol. The normalized spacial score (nSPS) is 10.9. The molecule has 0 unspecified atom stereocenters. The molecule has 1 amide bonds. The number of aryl methyl sites for hydroxylation is 1. The van der Waals surface area contributed by atoms with Gasteiger partial charge in [0.2, 0.25) is 0 Å². The van der Waals surface area contributed by atoms with Crippen LogP contribution in [0.4, 0.5) is 5.69 Å². The van der Waals surface area contributed by atoms with E-state index in [0.29, 0.717) is 22.6 Å². The van der Waals surface area contributed by atoms with Crippen LogP contribution in [-0.4, -0.2) is 25.0 Å². The first-order chi connectivity index (χ1) is 13.5. The van der Waals surface area contributed by atoms with Crippen LogP contribution in [-0.2, 0) is 14.1 Å². The molecule has 2 N–H and O–H groups in total. The molecule has 8 heteroatoms. The topological polar surface area (TPSA) is 102 Å². The van der Waals surface area contributed by atoms with Crippen LogP contribution in [0.2, 0.25) is 0 Å². The van der Waals surface area contributed by atoms with Gasteiger partial charge < -0.3 is 10.3 Å². The number of rotatable bonds is 3. The van der Waals surface area contributed by atoms with Gasteiger partial charge in [-0.05, 0) is 24.3 Å². The molecule has 28 heavy (non-hydrogen) atoms. The van der Waals surface area contributed by atoms with E-state index in [4.69, 9.17) is 0 Å². The van der Waals surface area contributed by atoms with Crippen LogP contribution < -0.4 is 16.6 Å². The number of amides is 1. The molecule has 0 saturated heterocycles. The molecule has 2 heterocycles. The lowest BCUT2D eigenvalue weighted by Gasteiger charge is -2.06. The van der Waals surface area contributed by atoms with E-state index in [1.54, 1.807) is 55.6 Å². The number of carbonyl (C=O) groups is 1. The highest BCUT2D eigenvalue weighted by Gasteiger charge is 2.15. The average Bonchev–Trinajstić information content (AvgIpc) is 3.17. The van der Waals surface area contributed by atoms with Crippen molar-refractivity contribution >= 4 is 22.8 Å². The zero-order valence-corrected chi connectivity index (χ0v) is 15.3. The van der Waals surface area contributed by atoms with Crippen molar-refractivity contribution in [1.29, 1.82) is 0 Å². The number of aromatic amines is 1. The van der Waals surface area contributed by atoms with E-state index in [1.807, 2.05) is 6.07 Å². The van der Waals surface area contributed by atoms with Crippen LogP contribution >= 0.6 is 0 Å². The third-order valence-electron chi connectivity index (χ3n) is 4.52. The fraction of sp³-hybridized carbons (Fsp3) is 0.100. The second-order valence-corrected chi connectivity index (χ2v) is 6.39. The fourth-order valence-corrected chi connectivity index (χ4v) is 3.00. The number of H-pyrrole nitrogens is 1. The molecule has 0 bridgehead atoms. The molecule has 2 aromatic heterocycles. The maximum absolute atomic E-state index is 12.4. The number of imidazole rings is 1. The van der Waals surface area contributed by atoms with Gasteiger partial charge in [-0.15, -0.1) is 0 Å². The van der Waals surface area contributed by atoms with E-state index >= 15 is 0 Å². The first kappa shape index (κ1) is 17.5. The molecule has 0 aliphatic heterocycles. The van der Waals surface area contributed by atoms with Crippen LogP contribution in [0.1, 0.15) is 10.4 Å². The van der Waals surface area contributed by atoms with Crippen molar-refractivity contribution in [2.24, 2.45) is 14.1 Å². The summed E-state index contributed by atoms with van der Waals surface area (Å²) in [7, 11) is 2.98. The van der Waals surface area contributed by atoms with E-state index in [2.05, 4.69) is 15.3 Å². The van der Waals surface area contributed by atoms with Gasteiger partial charge in [0.25, 0.3) is 11.5 Å². The zero-order valence-electron chi connectivity index (χ0n) is 15.3. The number of carbonyl (C=O) groups excluding carboxylic acids is 1. The van der Waals surface area contributed by atoms with Crippen LogP contribution in [0.5, 0.6) is 0 Å². The molecule has 8 nitrogen and oxygen atoms in total. The minimum absolute atomic E-state index is 0.223. The highest BCUT2D eigenvalue weighted by molar-refractivity contribution is 6.04. The SMILES string of the molecule is Cn1c(=O)c2[nH]c(-c3cccc(NC(=O)c4ccccc4)c3)nc2n(C)c1=O. The summed E-state index contributed by atoms with van der Waals surface area (Å²) in [6, 6.07) is 16.0. The Morgan fingerprint density at radius 1 is 1.00 bits per heavy atom. The van der Waals surface area contributed by atoms with Gasteiger partial charge in [0.1, 0.15) is 11.3 Å². The second kappa shape index (κ2) is 6.66. The van der Waals surface area contributed by atoms with Crippen molar-refractivity contribution in [3.8, 4) is 11.4 Å². The Balaban J connectivity index is 1.73. The van der Waals surface area contributed by atoms with Gasteiger partial charge in [-0.3, -0.25) is 18.7 Å². The smallest absolute Gasteiger partial charge is 0.332 e. The third-order valence-corrected chi connectivity index (χ3v) is 4.52. The summed E-state index contributed by atoms with van der Waals surface area (Å²) in [6.07, 6.45) is 0. The minimum Gasteiger partial charge on any atom is -0.332 e. The van der Waals surface area contributed by atoms with Crippen molar-refractivity contribution in [3.63, 3.8) is 0 Å². The predicted octanol–water partition coefficient (Wildman–Crippen LogP) is 1.88. The van der Waals surface area contributed by atoms with Gasteiger partial charge in [0.05, 0.1) is 0 Å². The Kier molecular flexibility index (Phi) is 4.15. The van der Waals surface area contributed by atoms with Crippen LogP contribution in [0, 0.1) is 0 Å².